The molecule has 3 aromatic rings. The van der Waals surface area contributed by atoms with Crippen molar-refractivity contribution in [1.82, 2.24) is 9.78 Å². The highest BCUT2D eigenvalue weighted by Gasteiger charge is 2.12. The number of nitrogens with zero attached hydrogens (tertiary/aromatic N) is 2. The van der Waals surface area contributed by atoms with Gasteiger partial charge < -0.3 is 10.1 Å². The third kappa shape index (κ3) is 4.17. The fraction of sp³-hybridized carbons (Fsp3) is 0.105. The first-order valence-corrected chi connectivity index (χ1v) is 7.94. The molecule has 0 aliphatic rings. The second-order valence-electron chi connectivity index (χ2n) is 5.59. The second-order valence-corrected chi connectivity index (χ2v) is 5.59. The topological polar surface area (TPSA) is 73.2 Å². The Labute approximate surface area is 153 Å². The molecular weight excluding hydrogens is 356 g/mol. The number of anilines is 1. The van der Waals surface area contributed by atoms with E-state index in [0.717, 1.165) is 16.8 Å². The van der Waals surface area contributed by atoms with Crippen LogP contribution in [0.4, 0.5) is 14.5 Å². The summed E-state index contributed by atoms with van der Waals surface area (Å²) < 4.78 is 32.8. The first-order valence-electron chi connectivity index (χ1n) is 7.94. The molecule has 1 amide bonds. The quantitative estimate of drug-likeness (QED) is 0.749. The SMILES string of the molecule is COc1ccccc1-c1ccc(=O)n(CC(=O)Nc2ccc(F)cc2F)n1. The van der Waals surface area contributed by atoms with Gasteiger partial charge in [-0.15, -0.1) is 0 Å². The van der Waals surface area contributed by atoms with Crippen LogP contribution in [0, 0.1) is 11.6 Å². The Bertz CT molecular complexity index is 1050. The molecule has 0 atom stereocenters. The van der Waals surface area contributed by atoms with Gasteiger partial charge in [-0.3, -0.25) is 9.59 Å². The number of rotatable bonds is 5. The molecule has 0 fully saturated rings. The number of benzene rings is 2. The Balaban J connectivity index is 1.84. The van der Waals surface area contributed by atoms with E-state index in [-0.39, 0.29) is 5.69 Å². The van der Waals surface area contributed by atoms with E-state index in [4.69, 9.17) is 4.74 Å². The van der Waals surface area contributed by atoms with E-state index < -0.39 is 29.6 Å². The highest BCUT2D eigenvalue weighted by Crippen LogP contribution is 2.27. The lowest BCUT2D eigenvalue weighted by atomic mass is 10.1. The molecule has 3 rings (SSSR count). The summed E-state index contributed by atoms with van der Waals surface area (Å²) >= 11 is 0. The summed E-state index contributed by atoms with van der Waals surface area (Å²) in [4.78, 5) is 24.2. The lowest BCUT2D eigenvalue weighted by Gasteiger charge is -2.10. The summed E-state index contributed by atoms with van der Waals surface area (Å²) in [6.45, 7) is -0.432. The number of amides is 1. The maximum atomic E-state index is 13.6. The molecule has 0 aliphatic heterocycles. The Hall–Kier alpha value is -3.55. The molecule has 0 aliphatic carbocycles. The summed E-state index contributed by atoms with van der Waals surface area (Å²) in [5, 5.41) is 6.47. The number of hydrogen-bond donors (Lipinski definition) is 1. The number of methoxy groups -OCH3 is 1. The van der Waals surface area contributed by atoms with Gasteiger partial charge in [0, 0.05) is 17.7 Å². The molecule has 138 valence electrons. The Morgan fingerprint density at radius 1 is 1.15 bits per heavy atom. The first kappa shape index (κ1) is 18.2. The first-order chi connectivity index (χ1) is 13.0. The minimum Gasteiger partial charge on any atom is -0.496 e. The maximum Gasteiger partial charge on any atom is 0.267 e. The van der Waals surface area contributed by atoms with Crippen LogP contribution < -0.4 is 15.6 Å². The van der Waals surface area contributed by atoms with E-state index in [2.05, 4.69) is 10.4 Å². The predicted molar refractivity (Wildman–Crippen MR) is 95.5 cm³/mol. The van der Waals surface area contributed by atoms with E-state index in [1.165, 1.54) is 19.2 Å². The summed E-state index contributed by atoms with van der Waals surface area (Å²) in [6.07, 6.45) is 0. The van der Waals surface area contributed by atoms with Crippen LogP contribution >= 0.6 is 0 Å². The minimum absolute atomic E-state index is 0.185. The van der Waals surface area contributed by atoms with Crippen LogP contribution in [0.3, 0.4) is 0 Å². The second kappa shape index (κ2) is 7.77. The van der Waals surface area contributed by atoms with Crippen LogP contribution in [0.15, 0.2) is 59.4 Å². The van der Waals surface area contributed by atoms with Gasteiger partial charge in [0.2, 0.25) is 5.91 Å². The normalized spacial score (nSPS) is 10.5. The van der Waals surface area contributed by atoms with Crippen molar-refractivity contribution in [2.24, 2.45) is 0 Å². The average molecular weight is 371 g/mol. The molecule has 27 heavy (non-hydrogen) atoms. The lowest BCUT2D eigenvalue weighted by Crippen LogP contribution is -2.29. The fourth-order valence-electron chi connectivity index (χ4n) is 2.48. The van der Waals surface area contributed by atoms with Gasteiger partial charge >= 0.3 is 0 Å². The predicted octanol–water partition coefficient (Wildman–Crippen LogP) is 2.84. The molecule has 8 heteroatoms. The number of para-hydroxylation sites is 1. The van der Waals surface area contributed by atoms with Crippen molar-refractivity contribution in [3.63, 3.8) is 0 Å². The van der Waals surface area contributed by atoms with Gasteiger partial charge in [-0.05, 0) is 30.3 Å². The molecule has 0 spiro atoms. The van der Waals surface area contributed by atoms with Crippen molar-refractivity contribution in [1.29, 1.82) is 0 Å². The molecule has 1 aromatic heterocycles. The van der Waals surface area contributed by atoms with Crippen LogP contribution in [-0.4, -0.2) is 22.8 Å². The van der Waals surface area contributed by atoms with Gasteiger partial charge in [-0.1, -0.05) is 12.1 Å². The molecule has 0 saturated carbocycles. The summed E-state index contributed by atoms with van der Waals surface area (Å²) in [5.74, 6) is -1.78. The Morgan fingerprint density at radius 2 is 1.93 bits per heavy atom. The van der Waals surface area contributed by atoms with Crippen LogP contribution in [-0.2, 0) is 11.3 Å². The van der Waals surface area contributed by atoms with Crippen molar-refractivity contribution in [2.45, 2.75) is 6.54 Å². The summed E-state index contributed by atoms with van der Waals surface area (Å²) in [5.41, 5.74) is 0.408. The van der Waals surface area contributed by atoms with Gasteiger partial charge in [0.1, 0.15) is 23.9 Å². The standard InChI is InChI=1S/C19H15F2N3O3/c1-27-17-5-3-2-4-13(17)15-8-9-19(26)24(23-15)11-18(25)22-16-7-6-12(20)10-14(16)21/h2-10H,11H2,1H3,(H,22,25). The van der Waals surface area contributed by atoms with Gasteiger partial charge in [0.15, 0.2) is 0 Å². The van der Waals surface area contributed by atoms with Gasteiger partial charge in [-0.25, -0.2) is 13.5 Å². The smallest absolute Gasteiger partial charge is 0.267 e. The number of nitrogens with one attached hydrogen (secondary N) is 1. The minimum atomic E-state index is -0.911. The number of carbonyl (C=O) groups is 1. The zero-order valence-electron chi connectivity index (χ0n) is 14.3. The fourth-order valence-corrected chi connectivity index (χ4v) is 2.48. The van der Waals surface area contributed by atoms with Crippen molar-refractivity contribution in [2.75, 3.05) is 12.4 Å². The highest BCUT2D eigenvalue weighted by molar-refractivity contribution is 5.90. The monoisotopic (exact) mass is 371 g/mol. The molecule has 6 nitrogen and oxygen atoms in total. The van der Waals surface area contributed by atoms with Crippen molar-refractivity contribution < 1.29 is 18.3 Å². The van der Waals surface area contributed by atoms with Crippen molar-refractivity contribution >= 4 is 11.6 Å². The van der Waals surface area contributed by atoms with Gasteiger partial charge in [0.25, 0.3) is 5.56 Å². The number of halogens is 2. The van der Waals surface area contributed by atoms with E-state index in [0.29, 0.717) is 23.1 Å². The van der Waals surface area contributed by atoms with E-state index in [9.17, 15) is 18.4 Å². The maximum absolute atomic E-state index is 13.6. The van der Waals surface area contributed by atoms with E-state index in [1.807, 2.05) is 0 Å². The number of aromatic nitrogens is 2. The third-order valence-corrected chi connectivity index (χ3v) is 3.75. The van der Waals surface area contributed by atoms with Crippen molar-refractivity contribution in [3.05, 3.63) is 76.6 Å². The number of ether oxygens (including phenoxy) is 1. The number of carbonyl (C=O) groups excluding carboxylic acids is 1. The Morgan fingerprint density at radius 3 is 2.67 bits per heavy atom. The highest BCUT2D eigenvalue weighted by atomic mass is 19.1. The van der Waals surface area contributed by atoms with Gasteiger partial charge in [-0.2, -0.15) is 5.10 Å². The largest absolute Gasteiger partial charge is 0.496 e. The van der Waals surface area contributed by atoms with Crippen LogP contribution in [0.2, 0.25) is 0 Å². The van der Waals surface area contributed by atoms with E-state index >= 15 is 0 Å². The molecule has 0 saturated heterocycles. The van der Waals surface area contributed by atoms with E-state index in [1.54, 1.807) is 24.3 Å². The molecular formula is C19H15F2N3O3. The van der Waals surface area contributed by atoms with Crippen LogP contribution in [0.25, 0.3) is 11.3 Å². The molecule has 0 bridgehead atoms. The van der Waals surface area contributed by atoms with Crippen molar-refractivity contribution in [3.8, 4) is 17.0 Å². The lowest BCUT2D eigenvalue weighted by molar-refractivity contribution is -0.117. The third-order valence-electron chi connectivity index (χ3n) is 3.75. The molecule has 1 N–H and O–H groups in total. The molecule has 0 radical (unpaired) electrons. The molecule has 2 aromatic carbocycles. The van der Waals surface area contributed by atoms with Crippen LogP contribution in [0.5, 0.6) is 5.75 Å². The van der Waals surface area contributed by atoms with Gasteiger partial charge in [0.05, 0.1) is 18.5 Å². The molecule has 0 unspecified atom stereocenters. The zero-order valence-corrected chi connectivity index (χ0v) is 14.3. The summed E-state index contributed by atoms with van der Waals surface area (Å²) in [6, 6.07) is 12.7. The zero-order chi connectivity index (χ0) is 19.4. The number of hydrogen-bond acceptors (Lipinski definition) is 4. The summed E-state index contributed by atoms with van der Waals surface area (Å²) in [7, 11) is 1.51. The molecule has 1 heterocycles. The Kier molecular flexibility index (Phi) is 5.25. The average Bonchev–Trinajstić information content (AvgIpc) is 2.66. The van der Waals surface area contributed by atoms with Crippen LogP contribution in [0.1, 0.15) is 0 Å².